The molecule has 0 heterocycles. The minimum absolute atomic E-state index is 0.126. The largest absolute Gasteiger partial charge is 0.497 e. The summed E-state index contributed by atoms with van der Waals surface area (Å²) in [5, 5.41) is 0.126. The molecule has 0 amide bonds. The zero-order valence-electron chi connectivity index (χ0n) is 11.5. The molecule has 0 N–H and O–H groups in total. The monoisotopic (exact) mass is 286 g/mol. The molecule has 2 rings (SSSR count). The molecule has 2 aromatic rings. The Bertz CT molecular complexity index is 535. The van der Waals surface area contributed by atoms with Crippen molar-refractivity contribution in [3.8, 4) is 5.75 Å². The standard InChI is InChI=1S/C17H18O2S/c1-19-16-11-9-15(10-12-16)17(18)20-13-5-8-14-6-3-2-4-7-14/h2-4,6-7,9-12H,5,8,13H2,1H3. The maximum Gasteiger partial charge on any atom is 0.219 e. The number of benzene rings is 2. The fraction of sp³-hybridized carbons (Fsp3) is 0.235. The van der Waals surface area contributed by atoms with Gasteiger partial charge >= 0.3 is 0 Å². The highest BCUT2D eigenvalue weighted by Gasteiger charge is 2.06. The highest BCUT2D eigenvalue weighted by molar-refractivity contribution is 8.14. The van der Waals surface area contributed by atoms with Crippen LogP contribution >= 0.6 is 11.8 Å². The van der Waals surface area contributed by atoms with Crippen LogP contribution in [0.15, 0.2) is 54.6 Å². The van der Waals surface area contributed by atoms with E-state index in [2.05, 4.69) is 12.1 Å². The van der Waals surface area contributed by atoms with Crippen LogP contribution in [0, 0.1) is 0 Å². The maximum absolute atomic E-state index is 12.0. The van der Waals surface area contributed by atoms with E-state index in [1.165, 1.54) is 17.3 Å². The molecule has 0 fully saturated rings. The number of carbonyl (C=O) groups excluding carboxylic acids is 1. The smallest absolute Gasteiger partial charge is 0.219 e. The third-order valence-electron chi connectivity index (χ3n) is 3.01. The Morgan fingerprint density at radius 1 is 1.05 bits per heavy atom. The van der Waals surface area contributed by atoms with E-state index >= 15 is 0 Å². The lowest BCUT2D eigenvalue weighted by Gasteiger charge is -2.03. The molecule has 3 heteroatoms. The van der Waals surface area contributed by atoms with E-state index in [9.17, 15) is 4.79 Å². The van der Waals surface area contributed by atoms with Crippen LogP contribution < -0.4 is 4.74 Å². The van der Waals surface area contributed by atoms with Gasteiger partial charge in [0.15, 0.2) is 0 Å². The van der Waals surface area contributed by atoms with E-state index in [-0.39, 0.29) is 5.12 Å². The van der Waals surface area contributed by atoms with Crippen LogP contribution in [0.3, 0.4) is 0 Å². The van der Waals surface area contributed by atoms with Gasteiger partial charge in [0.05, 0.1) is 7.11 Å². The topological polar surface area (TPSA) is 26.3 Å². The number of methoxy groups -OCH3 is 1. The molecule has 2 aromatic carbocycles. The lowest BCUT2D eigenvalue weighted by Crippen LogP contribution is -1.96. The van der Waals surface area contributed by atoms with Crippen molar-refractivity contribution in [2.24, 2.45) is 0 Å². The van der Waals surface area contributed by atoms with E-state index in [1.807, 2.05) is 42.5 Å². The first-order valence-electron chi connectivity index (χ1n) is 6.64. The SMILES string of the molecule is COc1ccc(C(=O)SCCCc2ccccc2)cc1. The number of hydrogen-bond donors (Lipinski definition) is 0. The number of aryl methyl sites for hydroxylation is 1. The van der Waals surface area contributed by atoms with Crippen LogP contribution in [0.25, 0.3) is 0 Å². The quantitative estimate of drug-likeness (QED) is 0.744. The van der Waals surface area contributed by atoms with Gasteiger partial charge in [-0.2, -0.15) is 0 Å². The van der Waals surface area contributed by atoms with Gasteiger partial charge < -0.3 is 4.74 Å². The molecule has 0 aliphatic heterocycles. The molecule has 20 heavy (non-hydrogen) atoms. The molecular weight excluding hydrogens is 268 g/mol. The van der Waals surface area contributed by atoms with Crippen LogP contribution in [0.5, 0.6) is 5.75 Å². The molecule has 2 nitrogen and oxygen atoms in total. The van der Waals surface area contributed by atoms with Crippen LogP contribution in [0.4, 0.5) is 0 Å². The molecule has 0 aliphatic rings. The normalized spacial score (nSPS) is 10.2. The molecule has 0 aliphatic carbocycles. The van der Waals surface area contributed by atoms with Gasteiger partial charge in [-0.15, -0.1) is 0 Å². The molecular formula is C17H18O2S. The van der Waals surface area contributed by atoms with Crippen LogP contribution in [-0.4, -0.2) is 18.0 Å². The molecule has 0 saturated carbocycles. The van der Waals surface area contributed by atoms with Gasteiger partial charge in [-0.25, -0.2) is 0 Å². The van der Waals surface area contributed by atoms with Gasteiger partial charge in [0.25, 0.3) is 0 Å². The molecule has 0 unspecified atom stereocenters. The zero-order valence-corrected chi connectivity index (χ0v) is 12.4. The van der Waals surface area contributed by atoms with E-state index < -0.39 is 0 Å². The second kappa shape index (κ2) is 7.75. The van der Waals surface area contributed by atoms with Crippen LogP contribution in [0.1, 0.15) is 22.3 Å². The van der Waals surface area contributed by atoms with Crippen molar-refractivity contribution in [1.82, 2.24) is 0 Å². The third-order valence-corrected chi connectivity index (χ3v) is 4.00. The van der Waals surface area contributed by atoms with Crippen LogP contribution in [-0.2, 0) is 6.42 Å². The van der Waals surface area contributed by atoms with Gasteiger partial charge in [0.2, 0.25) is 5.12 Å². The highest BCUT2D eigenvalue weighted by atomic mass is 32.2. The van der Waals surface area contributed by atoms with E-state index in [0.717, 1.165) is 29.9 Å². The summed E-state index contributed by atoms with van der Waals surface area (Å²) in [4.78, 5) is 12.0. The van der Waals surface area contributed by atoms with Gasteiger partial charge in [-0.1, -0.05) is 42.1 Å². The van der Waals surface area contributed by atoms with Gasteiger partial charge in [-0.05, 0) is 42.7 Å². The lowest BCUT2D eigenvalue weighted by atomic mass is 10.1. The summed E-state index contributed by atoms with van der Waals surface area (Å²) in [5.74, 6) is 1.62. The number of hydrogen-bond acceptors (Lipinski definition) is 3. The number of thioether (sulfide) groups is 1. The summed E-state index contributed by atoms with van der Waals surface area (Å²) in [6.07, 6.45) is 2.03. The Balaban J connectivity index is 1.74. The summed E-state index contributed by atoms with van der Waals surface area (Å²) in [6.45, 7) is 0. The number of carbonyl (C=O) groups is 1. The Labute approximate surface area is 124 Å². The van der Waals surface area contributed by atoms with E-state index in [0.29, 0.717) is 0 Å². The maximum atomic E-state index is 12.0. The second-order valence-electron chi connectivity index (χ2n) is 4.45. The first-order valence-corrected chi connectivity index (χ1v) is 7.63. The van der Waals surface area contributed by atoms with Crippen molar-refractivity contribution >= 4 is 16.9 Å². The first-order chi connectivity index (χ1) is 9.79. The van der Waals surface area contributed by atoms with Crippen molar-refractivity contribution < 1.29 is 9.53 Å². The van der Waals surface area contributed by atoms with E-state index in [1.54, 1.807) is 7.11 Å². The Hall–Kier alpha value is -1.74. The summed E-state index contributed by atoms with van der Waals surface area (Å²) in [6, 6.07) is 17.6. The molecule has 0 radical (unpaired) electrons. The molecule has 0 aromatic heterocycles. The minimum Gasteiger partial charge on any atom is -0.497 e. The highest BCUT2D eigenvalue weighted by Crippen LogP contribution is 2.18. The zero-order chi connectivity index (χ0) is 14.2. The summed E-state index contributed by atoms with van der Waals surface area (Å²) in [5.41, 5.74) is 2.06. The van der Waals surface area contributed by atoms with E-state index in [4.69, 9.17) is 4.74 Å². The average molecular weight is 286 g/mol. The van der Waals surface area contributed by atoms with Crippen molar-refractivity contribution in [3.05, 3.63) is 65.7 Å². The van der Waals surface area contributed by atoms with Crippen LogP contribution in [0.2, 0.25) is 0 Å². The first kappa shape index (κ1) is 14.7. The molecule has 0 saturated heterocycles. The molecule has 0 bridgehead atoms. The predicted molar refractivity (Wildman–Crippen MR) is 84.5 cm³/mol. The fourth-order valence-electron chi connectivity index (χ4n) is 1.90. The van der Waals surface area contributed by atoms with Gasteiger partial charge in [0.1, 0.15) is 5.75 Å². The minimum atomic E-state index is 0.126. The Morgan fingerprint density at radius 3 is 2.40 bits per heavy atom. The number of rotatable bonds is 6. The second-order valence-corrected chi connectivity index (χ2v) is 5.52. The van der Waals surface area contributed by atoms with Crippen molar-refractivity contribution in [1.29, 1.82) is 0 Å². The van der Waals surface area contributed by atoms with Gasteiger partial charge in [-0.3, -0.25) is 4.79 Å². The molecule has 104 valence electrons. The Kier molecular flexibility index (Phi) is 5.69. The predicted octanol–water partition coefficient (Wildman–Crippen LogP) is 4.20. The average Bonchev–Trinajstić information content (AvgIpc) is 2.52. The lowest BCUT2D eigenvalue weighted by molar-refractivity contribution is 0.108. The Morgan fingerprint density at radius 2 is 1.75 bits per heavy atom. The van der Waals surface area contributed by atoms with Gasteiger partial charge in [0, 0.05) is 11.3 Å². The molecule has 0 atom stereocenters. The van der Waals surface area contributed by atoms with Crippen molar-refractivity contribution in [2.75, 3.05) is 12.9 Å². The molecule has 0 spiro atoms. The number of ether oxygens (including phenoxy) is 1. The third kappa shape index (κ3) is 4.42. The summed E-state index contributed by atoms with van der Waals surface area (Å²) >= 11 is 1.38. The summed E-state index contributed by atoms with van der Waals surface area (Å²) < 4.78 is 5.08. The van der Waals surface area contributed by atoms with Crippen molar-refractivity contribution in [2.45, 2.75) is 12.8 Å². The summed E-state index contributed by atoms with van der Waals surface area (Å²) in [7, 11) is 1.62. The van der Waals surface area contributed by atoms with Crippen molar-refractivity contribution in [3.63, 3.8) is 0 Å². The fourth-order valence-corrected chi connectivity index (χ4v) is 2.67.